The molecule has 1 fully saturated rings. The molecule has 0 spiro atoms. The molecule has 0 amide bonds. The van der Waals surface area contributed by atoms with Crippen LogP contribution in [0.4, 0.5) is 13.2 Å². The summed E-state index contributed by atoms with van der Waals surface area (Å²) in [7, 11) is 0. The van der Waals surface area contributed by atoms with Crippen molar-refractivity contribution in [3.8, 4) is 5.88 Å². The Morgan fingerprint density at radius 1 is 1.42 bits per heavy atom. The van der Waals surface area contributed by atoms with Crippen LogP contribution >= 0.6 is 23.4 Å². The van der Waals surface area contributed by atoms with E-state index >= 15 is 0 Å². The maximum Gasteiger partial charge on any atom is 0.417 e. The van der Waals surface area contributed by atoms with Crippen LogP contribution in [0.3, 0.4) is 0 Å². The van der Waals surface area contributed by atoms with Crippen molar-refractivity contribution < 1.29 is 17.9 Å². The molecule has 1 aliphatic heterocycles. The fourth-order valence-electron chi connectivity index (χ4n) is 2.01. The molecule has 1 aromatic heterocycles. The third-order valence-electron chi connectivity index (χ3n) is 3.28. The second-order valence-corrected chi connectivity index (χ2v) is 6.68. The van der Waals surface area contributed by atoms with Crippen molar-refractivity contribution in [2.45, 2.75) is 12.6 Å². The molecular formula is C14H18ClF3N4OS. The number of hydrogen-bond donors (Lipinski definition) is 1. The number of nitrogens with two attached hydrogens (primary N) is 1. The van der Waals surface area contributed by atoms with Gasteiger partial charge in [0.05, 0.1) is 12.2 Å². The zero-order valence-corrected chi connectivity index (χ0v) is 14.4. The number of pyridine rings is 1. The summed E-state index contributed by atoms with van der Waals surface area (Å²) in [5.41, 5.74) is 5.00. The average molecular weight is 383 g/mol. The number of nitrogens with zero attached hydrogens (tertiary/aromatic N) is 3. The van der Waals surface area contributed by atoms with Crippen LogP contribution in [0.25, 0.3) is 0 Å². The van der Waals surface area contributed by atoms with Gasteiger partial charge >= 0.3 is 6.18 Å². The van der Waals surface area contributed by atoms with Crippen molar-refractivity contribution >= 4 is 29.3 Å². The molecule has 5 nitrogen and oxygen atoms in total. The van der Waals surface area contributed by atoms with E-state index in [4.69, 9.17) is 22.1 Å². The number of thioether (sulfide) groups is 1. The first-order chi connectivity index (χ1) is 11.4. The molecule has 134 valence electrons. The van der Waals surface area contributed by atoms with Gasteiger partial charge in [-0.15, -0.1) is 0 Å². The first kappa shape index (κ1) is 19.0. The van der Waals surface area contributed by atoms with Crippen molar-refractivity contribution in [2.24, 2.45) is 10.7 Å². The molecule has 0 bridgehead atoms. The summed E-state index contributed by atoms with van der Waals surface area (Å²) in [6, 6.07) is 0.800. The predicted octanol–water partition coefficient (Wildman–Crippen LogP) is 2.89. The number of alkyl halides is 3. The summed E-state index contributed by atoms with van der Waals surface area (Å²) in [4.78, 5) is 9.92. The van der Waals surface area contributed by atoms with Gasteiger partial charge in [-0.3, -0.25) is 4.99 Å². The van der Waals surface area contributed by atoms with Crippen LogP contribution in [0.5, 0.6) is 5.88 Å². The van der Waals surface area contributed by atoms with Gasteiger partial charge in [-0.1, -0.05) is 11.6 Å². The van der Waals surface area contributed by atoms with E-state index in [9.17, 15) is 13.2 Å². The molecule has 2 heterocycles. The van der Waals surface area contributed by atoms with Gasteiger partial charge in [0.25, 0.3) is 0 Å². The lowest BCUT2D eigenvalue weighted by Gasteiger charge is -2.27. The maximum absolute atomic E-state index is 12.5. The van der Waals surface area contributed by atoms with E-state index in [-0.39, 0.29) is 17.5 Å². The Morgan fingerprint density at radius 2 is 2.12 bits per heavy atom. The van der Waals surface area contributed by atoms with E-state index in [0.29, 0.717) is 25.1 Å². The standard InChI is InChI=1S/C14H18ClF3N4OS/c15-11-8-10(14(16,17)18)9-21-12(11)23-5-1-2-20-13(19)22-3-6-24-7-4-22/h8-9H,1-7H2,(H2,19,20). The minimum atomic E-state index is -4.48. The quantitative estimate of drug-likeness (QED) is 0.482. The Morgan fingerprint density at radius 3 is 2.75 bits per heavy atom. The Bertz CT molecular complexity index is 580. The fourth-order valence-corrected chi connectivity index (χ4v) is 3.13. The number of rotatable bonds is 5. The number of hydrogen-bond acceptors (Lipinski definition) is 4. The SMILES string of the molecule is NC(=NCCCOc1ncc(C(F)(F)F)cc1Cl)N1CCSCC1. The number of guanidine groups is 1. The van der Waals surface area contributed by atoms with E-state index < -0.39 is 11.7 Å². The summed E-state index contributed by atoms with van der Waals surface area (Å²) < 4.78 is 42.8. The van der Waals surface area contributed by atoms with Gasteiger partial charge in [0, 0.05) is 43.8 Å². The highest BCUT2D eigenvalue weighted by molar-refractivity contribution is 7.99. The van der Waals surface area contributed by atoms with Crippen molar-refractivity contribution in [3.63, 3.8) is 0 Å². The van der Waals surface area contributed by atoms with Gasteiger partial charge in [-0.05, 0) is 6.07 Å². The third kappa shape index (κ3) is 5.62. The highest BCUT2D eigenvalue weighted by Crippen LogP contribution is 2.33. The van der Waals surface area contributed by atoms with E-state index in [1.54, 1.807) is 0 Å². The first-order valence-electron chi connectivity index (χ1n) is 7.36. The second-order valence-electron chi connectivity index (χ2n) is 5.05. The number of ether oxygens (including phenoxy) is 1. The molecule has 1 aromatic rings. The molecule has 2 rings (SSSR count). The van der Waals surface area contributed by atoms with E-state index in [1.807, 2.05) is 16.7 Å². The topological polar surface area (TPSA) is 63.7 Å². The summed E-state index contributed by atoms with van der Waals surface area (Å²) >= 11 is 7.64. The molecule has 0 saturated carbocycles. The number of aliphatic imine (C=N–C) groups is 1. The Hall–Kier alpha value is -1.35. The summed E-state index contributed by atoms with van der Waals surface area (Å²) in [6.45, 7) is 2.49. The minimum absolute atomic E-state index is 0.0188. The van der Waals surface area contributed by atoms with Gasteiger partial charge in [0.2, 0.25) is 5.88 Å². The fraction of sp³-hybridized carbons (Fsp3) is 0.571. The Balaban J connectivity index is 1.76. The highest BCUT2D eigenvalue weighted by atomic mass is 35.5. The molecular weight excluding hydrogens is 365 g/mol. The van der Waals surface area contributed by atoms with Crippen molar-refractivity contribution in [3.05, 3.63) is 22.8 Å². The highest BCUT2D eigenvalue weighted by Gasteiger charge is 2.31. The van der Waals surface area contributed by atoms with Gasteiger partial charge in [-0.25, -0.2) is 4.98 Å². The molecule has 2 N–H and O–H groups in total. The largest absolute Gasteiger partial charge is 0.477 e. The van der Waals surface area contributed by atoms with Crippen LogP contribution in [0.2, 0.25) is 5.02 Å². The van der Waals surface area contributed by atoms with Crippen molar-refractivity contribution in [1.29, 1.82) is 0 Å². The third-order valence-corrected chi connectivity index (χ3v) is 4.50. The monoisotopic (exact) mass is 382 g/mol. The van der Waals surface area contributed by atoms with Crippen molar-refractivity contribution in [2.75, 3.05) is 37.7 Å². The molecule has 0 unspecified atom stereocenters. The van der Waals surface area contributed by atoms with E-state index in [0.717, 1.165) is 30.7 Å². The molecule has 0 radical (unpaired) electrons. The number of aromatic nitrogens is 1. The zero-order chi connectivity index (χ0) is 17.6. The maximum atomic E-state index is 12.5. The van der Waals surface area contributed by atoms with Gasteiger partial charge < -0.3 is 15.4 Å². The zero-order valence-electron chi connectivity index (χ0n) is 12.9. The average Bonchev–Trinajstić information content (AvgIpc) is 2.55. The first-order valence-corrected chi connectivity index (χ1v) is 8.89. The smallest absolute Gasteiger partial charge is 0.417 e. The van der Waals surface area contributed by atoms with Crippen LogP contribution < -0.4 is 10.5 Å². The van der Waals surface area contributed by atoms with Crippen LogP contribution in [-0.4, -0.2) is 53.6 Å². The van der Waals surface area contributed by atoms with E-state index in [1.165, 1.54) is 0 Å². The molecule has 24 heavy (non-hydrogen) atoms. The number of halogens is 4. The minimum Gasteiger partial charge on any atom is -0.477 e. The predicted molar refractivity (Wildman–Crippen MR) is 89.7 cm³/mol. The Kier molecular flexibility index (Phi) is 6.85. The summed E-state index contributed by atoms with van der Waals surface area (Å²) in [5.74, 6) is 2.57. The lowest BCUT2D eigenvalue weighted by Crippen LogP contribution is -2.42. The van der Waals surface area contributed by atoms with Crippen LogP contribution in [0, 0.1) is 0 Å². The van der Waals surface area contributed by atoms with Gasteiger partial charge in [0.15, 0.2) is 5.96 Å². The molecule has 1 aliphatic rings. The summed E-state index contributed by atoms with van der Waals surface area (Å²) in [6.07, 6.45) is -3.22. The molecule has 10 heteroatoms. The molecule has 0 atom stereocenters. The molecule has 1 saturated heterocycles. The van der Waals surface area contributed by atoms with Crippen LogP contribution in [0.1, 0.15) is 12.0 Å². The Labute approximate surface area is 147 Å². The van der Waals surface area contributed by atoms with Gasteiger partial charge in [0.1, 0.15) is 5.02 Å². The van der Waals surface area contributed by atoms with Crippen molar-refractivity contribution in [1.82, 2.24) is 9.88 Å². The normalized spacial score (nSPS) is 16.3. The molecule has 0 aliphatic carbocycles. The second kappa shape index (κ2) is 8.66. The lowest BCUT2D eigenvalue weighted by atomic mass is 10.3. The molecule has 0 aromatic carbocycles. The van der Waals surface area contributed by atoms with Crippen LogP contribution in [0.15, 0.2) is 17.3 Å². The lowest BCUT2D eigenvalue weighted by molar-refractivity contribution is -0.137. The van der Waals surface area contributed by atoms with Gasteiger partial charge in [-0.2, -0.15) is 24.9 Å². The van der Waals surface area contributed by atoms with Crippen LogP contribution in [-0.2, 0) is 6.18 Å². The summed E-state index contributed by atoms with van der Waals surface area (Å²) in [5, 5.41) is -0.168. The van der Waals surface area contributed by atoms with E-state index in [2.05, 4.69) is 9.98 Å².